The largest absolute Gasteiger partial charge is 0.478 e. The molecule has 1 aromatic carbocycles. The normalized spacial score (nSPS) is 19.8. The van der Waals surface area contributed by atoms with Gasteiger partial charge in [0.2, 0.25) is 0 Å². The van der Waals surface area contributed by atoms with E-state index in [9.17, 15) is 9.90 Å². The molecule has 20 heavy (non-hydrogen) atoms. The molecule has 1 aliphatic rings. The average molecular weight is 273 g/mol. The number of carboxylic acid groups (broad SMARTS) is 1. The Labute approximate surface area is 117 Å². The minimum Gasteiger partial charge on any atom is -0.478 e. The van der Waals surface area contributed by atoms with Gasteiger partial charge >= 0.3 is 5.97 Å². The standard InChI is InChI=1S/C15H19N3O2/c1-10-16-13-5-3-4-12(15(19)20)14(13)18(10)9-11-6-7-17(2)8-11/h3-5,11H,6-9H2,1-2H3,(H,19,20). The predicted octanol–water partition coefficient (Wildman–Crippen LogP) is 1.99. The summed E-state index contributed by atoms with van der Waals surface area (Å²) in [5.74, 6) is 0.571. The smallest absolute Gasteiger partial charge is 0.337 e. The van der Waals surface area contributed by atoms with Crippen molar-refractivity contribution < 1.29 is 9.90 Å². The molecule has 1 fully saturated rings. The lowest BCUT2D eigenvalue weighted by Gasteiger charge is -2.14. The number of nitrogens with zero attached hydrogens (tertiary/aromatic N) is 3. The van der Waals surface area contributed by atoms with Gasteiger partial charge in [-0.1, -0.05) is 6.07 Å². The van der Waals surface area contributed by atoms with Crippen LogP contribution in [-0.4, -0.2) is 45.7 Å². The molecule has 2 heterocycles. The van der Waals surface area contributed by atoms with Crippen LogP contribution in [-0.2, 0) is 6.54 Å². The van der Waals surface area contributed by atoms with E-state index in [4.69, 9.17) is 0 Å². The SMILES string of the molecule is Cc1nc2cccc(C(=O)O)c2n1CC1CCN(C)C1. The van der Waals surface area contributed by atoms with Crippen molar-refractivity contribution in [2.45, 2.75) is 19.9 Å². The Morgan fingerprint density at radius 3 is 2.95 bits per heavy atom. The Balaban J connectivity index is 2.05. The molecule has 0 amide bonds. The lowest BCUT2D eigenvalue weighted by Crippen LogP contribution is -2.18. The summed E-state index contributed by atoms with van der Waals surface area (Å²) in [5.41, 5.74) is 1.87. The molecule has 0 bridgehead atoms. The van der Waals surface area contributed by atoms with Crippen LogP contribution in [0.4, 0.5) is 0 Å². The minimum absolute atomic E-state index is 0.342. The van der Waals surface area contributed by atoms with Crippen LogP contribution in [0.15, 0.2) is 18.2 Å². The number of benzene rings is 1. The summed E-state index contributed by atoms with van der Waals surface area (Å²) in [6, 6.07) is 5.29. The Morgan fingerprint density at radius 1 is 1.50 bits per heavy atom. The van der Waals surface area contributed by atoms with Crippen molar-refractivity contribution in [3.05, 3.63) is 29.6 Å². The molecule has 2 aromatic rings. The number of imidazole rings is 1. The van der Waals surface area contributed by atoms with Gasteiger partial charge < -0.3 is 14.6 Å². The van der Waals surface area contributed by atoms with Gasteiger partial charge in [-0.25, -0.2) is 9.78 Å². The zero-order chi connectivity index (χ0) is 14.3. The molecule has 1 atom stereocenters. The molecule has 5 nitrogen and oxygen atoms in total. The number of aromatic nitrogens is 2. The Morgan fingerprint density at radius 2 is 2.30 bits per heavy atom. The van der Waals surface area contributed by atoms with Crippen molar-refractivity contribution >= 4 is 17.0 Å². The summed E-state index contributed by atoms with van der Waals surface area (Å²) < 4.78 is 2.07. The van der Waals surface area contributed by atoms with E-state index >= 15 is 0 Å². The molecular weight excluding hydrogens is 254 g/mol. The molecule has 0 spiro atoms. The molecule has 1 N–H and O–H groups in total. The van der Waals surface area contributed by atoms with E-state index in [1.807, 2.05) is 13.0 Å². The molecule has 0 aliphatic carbocycles. The minimum atomic E-state index is -0.889. The van der Waals surface area contributed by atoms with Gasteiger partial charge in [0.05, 0.1) is 16.6 Å². The van der Waals surface area contributed by atoms with E-state index in [0.29, 0.717) is 11.5 Å². The van der Waals surface area contributed by atoms with E-state index in [0.717, 1.165) is 42.9 Å². The van der Waals surface area contributed by atoms with Crippen LogP contribution in [0.2, 0.25) is 0 Å². The Kier molecular flexibility index (Phi) is 3.22. The van der Waals surface area contributed by atoms with Crippen LogP contribution in [0.5, 0.6) is 0 Å². The number of likely N-dealkylation sites (tertiary alicyclic amines) is 1. The number of hydrogen-bond donors (Lipinski definition) is 1. The van der Waals surface area contributed by atoms with Gasteiger partial charge in [0.25, 0.3) is 0 Å². The first-order valence-corrected chi connectivity index (χ1v) is 6.94. The summed E-state index contributed by atoms with van der Waals surface area (Å²) in [4.78, 5) is 18.2. The van der Waals surface area contributed by atoms with Crippen molar-refractivity contribution in [2.75, 3.05) is 20.1 Å². The number of aromatic carboxylic acids is 1. The van der Waals surface area contributed by atoms with E-state index in [-0.39, 0.29) is 0 Å². The monoisotopic (exact) mass is 273 g/mol. The van der Waals surface area contributed by atoms with Gasteiger partial charge in [0, 0.05) is 13.1 Å². The topological polar surface area (TPSA) is 58.4 Å². The zero-order valence-electron chi connectivity index (χ0n) is 11.8. The number of rotatable bonds is 3. The van der Waals surface area contributed by atoms with Gasteiger partial charge in [0.1, 0.15) is 5.82 Å². The molecule has 1 saturated heterocycles. The van der Waals surface area contributed by atoms with Crippen molar-refractivity contribution in [1.82, 2.24) is 14.5 Å². The van der Waals surface area contributed by atoms with Gasteiger partial charge in [-0.3, -0.25) is 0 Å². The average Bonchev–Trinajstić information content (AvgIpc) is 2.94. The van der Waals surface area contributed by atoms with Crippen molar-refractivity contribution in [3.63, 3.8) is 0 Å². The molecule has 0 radical (unpaired) electrons. The van der Waals surface area contributed by atoms with Gasteiger partial charge in [0.15, 0.2) is 0 Å². The van der Waals surface area contributed by atoms with E-state index in [1.54, 1.807) is 12.1 Å². The lowest BCUT2D eigenvalue weighted by molar-refractivity contribution is 0.0698. The van der Waals surface area contributed by atoms with E-state index in [2.05, 4.69) is 21.5 Å². The highest BCUT2D eigenvalue weighted by Crippen LogP contribution is 2.24. The fourth-order valence-corrected chi connectivity index (χ4v) is 3.13. The van der Waals surface area contributed by atoms with Crippen molar-refractivity contribution in [3.8, 4) is 0 Å². The lowest BCUT2D eigenvalue weighted by atomic mass is 10.1. The highest BCUT2D eigenvalue weighted by Gasteiger charge is 2.23. The van der Waals surface area contributed by atoms with Crippen molar-refractivity contribution in [2.24, 2.45) is 5.92 Å². The first-order chi connectivity index (χ1) is 9.56. The number of carbonyl (C=O) groups is 1. The van der Waals surface area contributed by atoms with Crippen LogP contribution in [0.25, 0.3) is 11.0 Å². The molecule has 1 aromatic heterocycles. The predicted molar refractivity (Wildman–Crippen MR) is 77.0 cm³/mol. The fourth-order valence-electron chi connectivity index (χ4n) is 3.13. The number of carboxylic acids is 1. The van der Waals surface area contributed by atoms with Crippen LogP contribution < -0.4 is 0 Å². The molecule has 0 saturated carbocycles. The highest BCUT2D eigenvalue weighted by molar-refractivity contribution is 6.01. The molecule has 5 heteroatoms. The maximum absolute atomic E-state index is 11.4. The molecule has 1 aliphatic heterocycles. The van der Waals surface area contributed by atoms with Crippen LogP contribution in [0.3, 0.4) is 0 Å². The quantitative estimate of drug-likeness (QED) is 0.929. The zero-order valence-corrected chi connectivity index (χ0v) is 11.8. The molecule has 106 valence electrons. The summed E-state index contributed by atoms with van der Waals surface area (Å²) >= 11 is 0. The Bertz CT molecular complexity index is 662. The van der Waals surface area contributed by atoms with Crippen LogP contribution >= 0.6 is 0 Å². The Hall–Kier alpha value is -1.88. The van der Waals surface area contributed by atoms with Crippen molar-refractivity contribution in [1.29, 1.82) is 0 Å². The third kappa shape index (κ3) is 2.18. The van der Waals surface area contributed by atoms with Gasteiger partial charge in [-0.05, 0) is 45.0 Å². The maximum Gasteiger partial charge on any atom is 0.337 e. The van der Waals surface area contributed by atoms with Gasteiger partial charge in [-0.2, -0.15) is 0 Å². The van der Waals surface area contributed by atoms with E-state index < -0.39 is 5.97 Å². The summed E-state index contributed by atoms with van der Waals surface area (Å²) in [6.07, 6.45) is 1.16. The summed E-state index contributed by atoms with van der Waals surface area (Å²) in [6.45, 7) is 4.97. The summed E-state index contributed by atoms with van der Waals surface area (Å²) in [5, 5.41) is 9.37. The highest BCUT2D eigenvalue weighted by atomic mass is 16.4. The fraction of sp³-hybridized carbons (Fsp3) is 0.467. The first kappa shape index (κ1) is 13.1. The number of para-hydroxylation sites is 1. The first-order valence-electron chi connectivity index (χ1n) is 6.94. The van der Waals surface area contributed by atoms with Crippen LogP contribution in [0.1, 0.15) is 22.6 Å². The molecular formula is C15H19N3O2. The summed E-state index contributed by atoms with van der Waals surface area (Å²) in [7, 11) is 2.13. The van der Waals surface area contributed by atoms with Crippen LogP contribution in [0, 0.1) is 12.8 Å². The van der Waals surface area contributed by atoms with E-state index in [1.165, 1.54) is 0 Å². The second-order valence-electron chi connectivity index (χ2n) is 5.67. The third-order valence-corrected chi connectivity index (χ3v) is 4.12. The number of fused-ring (bicyclic) bond motifs is 1. The number of hydrogen-bond acceptors (Lipinski definition) is 3. The molecule has 1 unspecified atom stereocenters. The van der Waals surface area contributed by atoms with Gasteiger partial charge in [-0.15, -0.1) is 0 Å². The second kappa shape index (κ2) is 4.90. The maximum atomic E-state index is 11.4. The third-order valence-electron chi connectivity index (χ3n) is 4.12. The number of aryl methyl sites for hydroxylation is 1. The molecule has 3 rings (SSSR count). The second-order valence-corrected chi connectivity index (χ2v) is 5.67.